The van der Waals surface area contributed by atoms with Crippen molar-refractivity contribution >= 4 is 9.84 Å². The molecule has 0 spiro atoms. The van der Waals surface area contributed by atoms with Gasteiger partial charge in [0.1, 0.15) is 10.9 Å². The largest absolute Gasteiger partial charge is 0.385 e. The highest BCUT2D eigenvalue weighted by molar-refractivity contribution is 7.91. The number of β-amino-alcohol motifs (C(OH)–C–C–N with tert-alkyl or cyclic N) is 1. The van der Waals surface area contributed by atoms with Gasteiger partial charge in [0.15, 0.2) is 9.84 Å². The fourth-order valence-corrected chi connectivity index (χ4v) is 6.36. The molecule has 0 amide bonds. The fraction of sp³-hybridized carbons (Fsp3) is 0.280. The summed E-state index contributed by atoms with van der Waals surface area (Å²) in [5, 5.41) is 10.5. The normalized spacial score (nSPS) is 17.5. The highest BCUT2D eigenvalue weighted by Gasteiger charge is 2.54. The minimum Gasteiger partial charge on any atom is -0.385 e. The van der Waals surface area contributed by atoms with E-state index in [2.05, 4.69) is 29.2 Å². The van der Waals surface area contributed by atoms with E-state index in [1.807, 2.05) is 67.6 Å². The summed E-state index contributed by atoms with van der Waals surface area (Å²) in [5.74, 6) is 0. The molecule has 0 bridgehead atoms. The Morgan fingerprint density at radius 2 is 1.30 bits per heavy atom. The van der Waals surface area contributed by atoms with Crippen LogP contribution in [0.3, 0.4) is 0 Å². The Kier molecular flexibility index (Phi) is 5.53. The number of likely N-dealkylation sites (tertiary alicyclic amines) is 1. The number of hydrogen-bond donors (Lipinski definition) is 1. The van der Waals surface area contributed by atoms with Crippen LogP contribution < -0.4 is 0 Å². The lowest BCUT2D eigenvalue weighted by Gasteiger charge is -2.53. The molecule has 1 heterocycles. The second-order valence-electron chi connectivity index (χ2n) is 8.30. The molecule has 0 aromatic heterocycles. The van der Waals surface area contributed by atoms with Gasteiger partial charge < -0.3 is 5.11 Å². The van der Waals surface area contributed by atoms with E-state index in [4.69, 9.17) is 0 Å². The lowest BCUT2D eigenvalue weighted by molar-refractivity contribution is -0.112. The van der Waals surface area contributed by atoms with Gasteiger partial charge in [0.2, 0.25) is 0 Å². The second kappa shape index (κ2) is 7.99. The van der Waals surface area contributed by atoms with Crippen LogP contribution in [0.4, 0.5) is 0 Å². The molecule has 4 nitrogen and oxygen atoms in total. The Morgan fingerprint density at radius 3 is 1.77 bits per heavy atom. The molecule has 4 rings (SSSR count). The number of rotatable bonds is 6. The molecule has 0 aliphatic carbocycles. The summed E-state index contributed by atoms with van der Waals surface area (Å²) in [6, 6.07) is 27.7. The van der Waals surface area contributed by atoms with Gasteiger partial charge in [0.05, 0.1) is 6.04 Å². The second-order valence-corrected chi connectivity index (χ2v) is 10.4. The number of nitrogens with zero attached hydrogens (tertiary/aromatic N) is 1. The van der Waals surface area contributed by atoms with E-state index in [-0.39, 0.29) is 19.1 Å². The minimum atomic E-state index is -3.51. The van der Waals surface area contributed by atoms with E-state index in [1.165, 1.54) is 6.26 Å². The number of aliphatic hydroxyl groups is 1. The molecular weight excluding hydrogens is 394 g/mol. The van der Waals surface area contributed by atoms with Crippen LogP contribution in [0.15, 0.2) is 84.9 Å². The standard InChI is InChI=1S/C25H27NO3S/c1-19-11-9-10-16-22(19)24(30(2,28)29)25(27)17-26(18-25)23(20-12-5-3-6-13-20)21-14-7-4-8-15-21/h3-16,23-24,27H,17-18H2,1-2H3. The maximum atomic E-state index is 12.8. The van der Waals surface area contributed by atoms with E-state index in [9.17, 15) is 13.5 Å². The van der Waals surface area contributed by atoms with Crippen molar-refractivity contribution in [2.75, 3.05) is 19.3 Å². The van der Waals surface area contributed by atoms with Crippen molar-refractivity contribution in [1.82, 2.24) is 4.90 Å². The van der Waals surface area contributed by atoms with Gasteiger partial charge in [-0.05, 0) is 29.2 Å². The molecule has 5 heteroatoms. The van der Waals surface area contributed by atoms with Crippen molar-refractivity contribution in [2.45, 2.75) is 23.8 Å². The Balaban J connectivity index is 1.69. The SMILES string of the molecule is Cc1ccccc1C(C1(O)CN(C(c2ccccc2)c2ccccc2)C1)S(C)(=O)=O. The zero-order valence-corrected chi connectivity index (χ0v) is 18.1. The third kappa shape index (κ3) is 3.93. The molecule has 1 aliphatic heterocycles. The zero-order chi connectivity index (χ0) is 21.4. The maximum absolute atomic E-state index is 12.8. The van der Waals surface area contributed by atoms with Crippen molar-refractivity contribution in [3.05, 3.63) is 107 Å². The monoisotopic (exact) mass is 421 g/mol. The Morgan fingerprint density at radius 1 is 0.833 bits per heavy atom. The maximum Gasteiger partial charge on any atom is 0.157 e. The van der Waals surface area contributed by atoms with Crippen LogP contribution in [-0.2, 0) is 9.84 Å². The number of hydrogen-bond acceptors (Lipinski definition) is 4. The molecule has 0 saturated carbocycles. The van der Waals surface area contributed by atoms with Gasteiger partial charge in [0, 0.05) is 19.3 Å². The van der Waals surface area contributed by atoms with Gasteiger partial charge in [-0.15, -0.1) is 0 Å². The predicted molar refractivity (Wildman–Crippen MR) is 120 cm³/mol. The predicted octanol–water partition coefficient (Wildman–Crippen LogP) is 3.92. The van der Waals surface area contributed by atoms with E-state index in [0.29, 0.717) is 5.56 Å². The molecule has 1 aliphatic rings. The van der Waals surface area contributed by atoms with Gasteiger partial charge in [-0.25, -0.2) is 8.42 Å². The Bertz CT molecular complexity index is 1070. The summed E-state index contributed by atoms with van der Waals surface area (Å²) >= 11 is 0. The molecule has 1 N–H and O–H groups in total. The molecule has 3 aromatic rings. The average Bonchev–Trinajstić information content (AvgIpc) is 2.69. The van der Waals surface area contributed by atoms with Crippen LogP contribution in [0, 0.1) is 6.92 Å². The number of sulfone groups is 1. The number of aryl methyl sites for hydroxylation is 1. The van der Waals surface area contributed by atoms with E-state index >= 15 is 0 Å². The van der Waals surface area contributed by atoms with E-state index in [0.717, 1.165) is 16.7 Å². The Labute approximate surface area is 178 Å². The van der Waals surface area contributed by atoms with Crippen LogP contribution in [0.2, 0.25) is 0 Å². The molecule has 30 heavy (non-hydrogen) atoms. The molecular formula is C25H27NO3S. The summed E-state index contributed by atoms with van der Waals surface area (Å²) in [7, 11) is -3.51. The summed E-state index contributed by atoms with van der Waals surface area (Å²) in [4.78, 5) is 2.15. The lowest BCUT2D eigenvalue weighted by atomic mass is 9.82. The van der Waals surface area contributed by atoms with E-state index < -0.39 is 20.7 Å². The highest BCUT2D eigenvalue weighted by Crippen LogP contribution is 2.45. The van der Waals surface area contributed by atoms with Gasteiger partial charge in [-0.3, -0.25) is 4.90 Å². The van der Waals surface area contributed by atoms with Gasteiger partial charge in [-0.2, -0.15) is 0 Å². The zero-order valence-electron chi connectivity index (χ0n) is 17.3. The van der Waals surface area contributed by atoms with Crippen LogP contribution in [0.5, 0.6) is 0 Å². The van der Waals surface area contributed by atoms with Crippen molar-refractivity contribution < 1.29 is 13.5 Å². The van der Waals surface area contributed by atoms with Crippen LogP contribution in [0.25, 0.3) is 0 Å². The highest BCUT2D eigenvalue weighted by atomic mass is 32.2. The fourth-order valence-electron chi connectivity index (χ4n) is 4.69. The van der Waals surface area contributed by atoms with Crippen LogP contribution >= 0.6 is 0 Å². The molecule has 1 fully saturated rings. The van der Waals surface area contributed by atoms with Crippen LogP contribution in [0.1, 0.15) is 33.5 Å². The van der Waals surface area contributed by atoms with Crippen molar-refractivity contribution in [3.8, 4) is 0 Å². The van der Waals surface area contributed by atoms with Gasteiger partial charge in [-0.1, -0.05) is 84.9 Å². The molecule has 0 radical (unpaired) electrons. The quantitative estimate of drug-likeness (QED) is 0.656. The summed E-state index contributed by atoms with van der Waals surface area (Å²) in [6.07, 6.45) is 1.22. The van der Waals surface area contributed by atoms with Crippen LogP contribution in [-0.4, -0.2) is 43.4 Å². The summed E-state index contributed by atoms with van der Waals surface area (Å²) < 4.78 is 25.5. The van der Waals surface area contributed by atoms with Crippen molar-refractivity contribution in [1.29, 1.82) is 0 Å². The molecule has 156 valence electrons. The smallest absolute Gasteiger partial charge is 0.157 e. The lowest BCUT2D eigenvalue weighted by Crippen LogP contribution is -2.66. The van der Waals surface area contributed by atoms with Gasteiger partial charge >= 0.3 is 0 Å². The third-order valence-electron chi connectivity index (χ3n) is 5.94. The van der Waals surface area contributed by atoms with Gasteiger partial charge in [0.25, 0.3) is 0 Å². The number of benzene rings is 3. The summed E-state index contributed by atoms with van der Waals surface area (Å²) in [5.41, 5.74) is 2.47. The first-order chi connectivity index (χ1) is 14.3. The summed E-state index contributed by atoms with van der Waals surface area (Å²) in [6.45, 7) is 2.46. The molecule has 1 atom stereocenters. The first-order valence-electron chi connectivity index (χ1n) is 10.1. The molecule has 3 aromatic carbocycles. The first kappa shape index (κ1) is 20.8. The topological polar surface area (TPSA) is 57.6 Å². The van der Waals surface area contributed by atoms with Crippen molar-refractivity contribution in [2.24, 2.45) is 0 Å². The minimum absolute atomic E-state index is 0.0373. The third-order valence-corrected chi connectivity index (χ3v) is 7.49. The van der Waals surface area contributed by atoms with Crippen molar-refractivity contribution in [3.63, 3.8) is 0 Å². The van der Waals surface area contributed by atoms with E-state index in [1.54, 1.807) is 0 Å². The molecule has 1 saturated heterocycles. The average molecular weight is 422 g/mol. The Hall–Kier alpha value is -2.47. The first-order valence-corrected chi connectivity index (χ1v) is 12.1. The molecule has 1 unspecified atom stereocenters.